The topological polar surface area (TPSA) is 0 Å². The third-order valence-corrected chi connectivity index (χ3v) is 2.34. The fourth-order valence-corrected chi connectivity index (χ4v) is 1.72. The van der Waals surface area contributed by atoms with E-state index in [2.05, 4.69) is 36.9 Å². The van der Waals surface area contributed by atoms with Crippen LogP contribution >= 0.6 is 11.6 Å². The predicted octanol–water partition coefficient (Wildman–Crippen LogP) is 4.13. The van der Waals surface area contributed by atoms with Gasteiger partial charge in [0.2, 0.25) is 0 Å². The van der Waals surface area contributed by atoms with Crippen LogP contribution in [-0.4, -0.2) is 0 Å². The van der Waals surface area contributed by atoms with E-state index in [9.17, 15) is 0 Å². The minimum absolute atomic E-state index is 0.681. The van der Waals surface area contributed by atoms with Crippen LogP contribution in [0, 0.1) is 0 Å². The van der Waals surface area contributed by atoms with Crippen molar-refractivity contribution in [2.75, 3.05) is 0 Å². The second kappa shape index (κ2) is 3.85. The zero-order valence-electron chi connectivity index (χ0n) is 7.83. The van der Waals surface area contributed by atoms with Crippen LogP contribution in [0.4, 0.5) is 0 Å². The summed E-state index contributed by atoms with van der Waals surface area (Å²) >= 11 is 5.77. The summed E-state index contributed by atoms with van der Waals surface area (Å²) in [6.07, 6.45) is 0.742. The monoisotopic (exact) mass is 202 g/mol. The molecule has 0 spiro atoms. The Labute approximate surface area is 88.8 Å². The number of rotatable bonds is 2. The molecule has 2 aromatic carbocycles. The molecular weight excluding hydrogens is 192 g/mol. The molecule has 0 aliphatic rings. The van der Waals surface area contributed by atoms with Gasteiger partial charge in [-0.1, -0.05) is 60.6 Å². The van der Waals surface area contributed by atoms with E-state index in [1.807, 2.05) is 12.1 Å². The van der Waals surface area contributed by atoms with Crippen molar-refractivity contribution in [3.63, 3.8) is 0 Å². The number of fused-ring (bicyclic) bond motifs is 1. The number of hydrogen-bond donors (Lipinski definition) is 0. The van der Waals surface area contributed by atoms with Crippen LogP contribution in [-0.2, 0) is 6.42 Å². The Morgan fingerprint density at radius 3 is 2.50 bits per heavy atom. The average Bonchev–Trinajstić information content (AvgIpc) is 2.17. The zero-order chi connectivity index (χ0) is 9.97. The van der Waals surface area contributed by atoms with Gasteiger partial charge >= 0.3 is 0 Å². The summed E-state index contributed by atoms with van der Waals surface area (Å²) in [5.41, 5.74) is 1.21. The largest absolute Gasteiger partial charge is 0.0894 e. The van der Waals surface area contributed by atoms with E-state index in [1.165, 1.54) is 16.3 Å². The number of hydrogen-bond acceptors (Lipinski definition) is 0. The Hall–Kier alpha value is -1.27. The Kier molecular flexibility index (Phi) is 2.55. The predicted molar refractivity (Wildman–Crippen MR) is 62.6 cm³/mol. The minimum Gasteiger partial charge on any atom is -0.0894 e. The molecule has 0 atom stereocenters. The van der Waals surface area contributed by atoms with Crippen molar-refractivity contribution in [1.82, 2.24) is 0 Å². The highest BCUT2D eigenvalue weighted by Gasteiger charge is 1.96. The molecule has 2 aromatic rings. The van der Waals surface area contributed by atoms with Crippen molar-refractivity contribution < 1.29 is 0 Å². The van der Waals surface area contributed by atoms with Crippen molar-refractivity contribution in [2.24, 2.45) is 0 Å². The van der Waals surface area contributed by atoms with Gasteiger partial charge in [-0.2, -0.15) is 0 Å². The van der Waals surface area contributed by atoms with Crippen LogP contribution < -0.4 is 0 Å². The highest BCUT2D eigenvalue weighted by molar-refractivity contribution is 6.29. The van der Waals surface area contributed by atoms with E-state index < -0.39 is 0 Å². The lowest BCUT2D eigenvalue weighted by Crippen LogP contribution is -1.83. The van der Waals surface area contributed by atoms with Crippen molar-refractivity contribution in [3.8, 4) is 0 Å². The van der Waals surface area contributed by atoms with Gasteiger partial charge in [0, 0.05) is 11.5 Å². The third kappa shape index (κ3) is 1.97. The van der Waals surface area contributed by atoms with Gasteiger partial charge in [0.05, 0.1) is 0 Å². The van der Waals surface area contributed by atoms with E-state index in [-0.39, 0.29) is 0 Å². The summed E-state index contributed by atoms with van der Waals surface area (Å²) < 4.78 is 0. The molecule has 0 fully saturated rings. The maximum absolute atomic E-state index is 5.77. The van der Waals surface area contributed by atoms with Crippen LogP contribution in [0.5, 0.6) is 0 Å². The lowest BCUT2D eigenvalue weighted by atomic mass is 10.1. The SMILES string of the molecule is C=C(Cl)Cc1ccc2ccccc2c1. The molecule has 0 nitrogen and oxygen atoms in total. The highest BCUT2D eigenvalue weighted by Crippen LogP contribution is 2.18. The molecule has 1 heteroatoms. The number of allylic oxidation sites excluding steroid dienone is 1. The third-order valence-electron chi connectivity index (χ3n) is 2.21. The minimum atomic E-state index is 0.681. The Morgan fingerprint density at radius 1 is 1.07 bits per heavy atom. The maximum Gasteiger partial charge on any atom is 0.0153 e. The van der Waals surface area contributed by atoms with E-state index in [0.717, 1.165) is 6.42 Å². The Balaban J connectivity index is 2.46. The van der Waals surface area contributed by atoms with Gasteiger partial charge in [-0.15, -0.1) is 0 Å². The fraction of sp³-hybridized carbons (Fsp3) is 0.0769. The van der Waals surface area contributed by atoms with Gasteiger partial charge in [-0.05, 0) is 16.3 Å². The van der Waals surface area contributed by atoms with Gasteiger partial charge in [-0.25, -0.2) is 0 Å². The molecule has 0 aliphatic carbocycles. The molecule has 0 aliphatic heterocycles. The fourth-order valence-electron chi connectivity index (χ4n) is 1.57. The molecule has 0 bridgehead atoms. The molecule has 0 saturated carbocycles. The van der Waals surface area contributed by atoms with Crippen LogP contribution in [0.25, 0.3) is 10.8 Å². The van der Waals surface area contributed by atoms with Crippen LogP contribution in [0.1, 0.15) is 5.56 Å². The Morgan fingerprint density at radius 2 is 1.79 bits per heavy atom. The second-order valence-corrected chi connectivity index (χ2v) is 3.91. The molecule has 0 aromatic heterocycles. The number of halogens is 1. The van der Waals surface area contributed by atoms with Crippen LogP contribution in [0.2, 0.25) is 0 Å². The molecular formula is C13H11Cl. The summed E-state index contributed by atoms with van der Waals surface area (Å²) in [5.74, 6) is 0. The molecule has 0 radical (unpaired) electrons. The van der Waals surface area contributed by atoms with Gasteiger partial charge in [0.1, 0.15) is 0 Å². The molecule has 14 heavy (non-hydrogen) atoms. The zero-order valence-corrected chi connectivity index (χ0v) is 8.59. The highest BCUT2D eigenvalue weighted by atomic mass is 35.5. The van der Waals surface area contributed by atoms with Crippen molar-refractivity contribution in [3.05, 3.63) is 59.6 Å². The normalized spacial score (nSPS) is 10.4. The summed E-state index contributed by atoms with van der Waals surface area (Å²) in [6, 6.07) is 14.7. The molecule has 70 valence electrons. The van der Waals surface area contributed by atoms with Gasteiger partial charge in [0.15, 0.2) is 0 Å². The maximum atomic E-state index is 5.77. The first-order valence-electron chi connectivity index (χ1n) is 4.57. The summed E-state index contributed by atoms with van der Waals surface area (Å²) in [4.78, 5) is 0. The second-order valence-electron chi connectivity index (χ2n) is 3.38. The quantitative estimate of drug-likeness (QED) is 0.687. The first kappa shape index (κ1) is 9.29. The standard InChI is InChI=1S/C13H11Cl/c1-10(14)8-11-6-7-12-4-2-3-5-13(12)9-11/h2-7,9H,1,8H2. The van der Waals surface area contributed by atoms with Crippen LogP contribution in [0.3, 0.4) is 0 Å². The van der Waals surface area contributed by atoms with Crippen molar-refractivity contribution in [2.45, 2.75) is 6.42 Å². The molecule has 0 saturated heterocycles. The van der Waals surface area contributed by atoms with Gasteiger partial charge in [0.25, 0.3) is 0 Å². The average molecular weight is 203 g/mol. The lowest BCUT2D eigenvalue weighted by molar-refractivity contribution is 1.26. The van der Waals surface area contributed by atoms with Crippen LogP contribution in [0.15, 0.2) is 54.1 Å². The van der Waals surface area contributed by atoms with E-state index in [1.54, 1.807) is 0 Å². The first-order valence-corrected chi connectivity index (χ1v) is 4.94. The molecule has 0 heterocycles. The summed E-state index contributed by atoms with van der Waals surface area (Å²) in [7, 11) is 0. The smallest absolute Gasteiger partial charge is 0.0153 e. The number of benzene rings is 2. The van der Waals surface area contributed by atoms with Crippen molar-refractivity contribution >= 4 is 22.4 Å². The Bertz CT molecular complexity index is 471. The van der Waals surface area contributed by atoms with Crippen molar-refractivity contribution in [1.29, 1.82) is 0 Å². The van der Waals surface area contributed by atoms with Gasteiger partial charge < -0.3 is 0 Å². The van der Waals surface area contributed by atoms with E-state index in [0.29, 0.717) is 5.03 Å². The summed E-state index contributed by atoms with van der Waals surface area (Å²) in [5, 5.41) is 3.19. The van der Waals surface area contributed by atoms with E-state index in [4.69, 9.17) is 11.6 Å². The molecule has 2 rings (SSSR count). The molecule has 0 unspecified atom stereocenters. The van der Waals surface area contributed by atoms with E-state index >= 15 is 0 Å². The molecule has 0 amide bonds. The van der Waals surface area contributed by atoms with Gasteiger partial charge in [-0.3, -0.25) is 0 Å². The molecule has 0 N–H and O–H groups in total. The summed E-state index contributed by atoms with van der Waals surface area (Å²) in [6.45, 7) is 3.70. The lowest BCUT2D eigenvalue weighted by Gasteiger charge is -2.01. The first-order chi connectivity index (χ1) is 6.75.